The normalized spacial score (nSPS) is 28.3. The number of rotatable bonds is 4. The van der Waals surface area contributed by atoms with Gasteiger partial charge in [0.05, 0.1) is 5.60 Å². The zero-order chi connectivity index (χ0) is 13.0. The molecular weight excluding hydrogens is 229 g/mol. The Bertz CT molecular complexity index is 386. The highest BCUT2D eigenvalue weighted by atomic mass is 19.1. The molecule has 18 heavy (non-hydrogen) atoms. The second-order valence-corrected chi connectivity index (χ2v) is 5.27. The molecule has 0 aliphatic heterocycles. The minimum absolute atomic E-state index is 0.271. The first-order chi connectivity index (χ1) is 8.64. The molecule has 0 saturated heterocycles. The molecule has 2 N–H and O–H groups in total. The van der Waals surface area contributed by atoms with Crippen LogP contribution in [0.1, 0.15) is 44.6 Å². The molecule has 1 aromatic rings. The van der Waals surface area contributed by atoms with Crippen molar-refractivity contribution in [2.75, 3.05) is 6.54 Å². The van der Waals surface area contributed by atoms with Crippen LogP contribution < -0.4 is 5.32 Å². The smallest absolute Gasteiger partial charge is 0.123 e. The summed E-state index contributed by atoms with van der Waals surface area (Å²) in [7, 11) is 0. The van der Waals surface area contributed by atoms with Crippen LogP contribution in [0.3, 0.4) is 0 Å². The highest BCUT2D eigenvalue weighted by Gasteiger charge is 2.34. The van der Waals surface area contributed by atoms with Crippen LogP contribution >= 0.6 is 0 Å². The predicted octanol–water partition coefficient (Wildman–Crippen LogP) is 2.96. The lowest BCUT2D eigenvalue weighted by molar-refractivity contribution is -0.00850. The minimum atomic E-state index is -0.841. The van der Waals surface area contributed by atoms with E-state index in [-0.39, 0.29) is 5.82 Å². The third kappa shape index (κ3) is 3.09. The van der Waals surface area contributed by atoms with Gasteiger partial charge in [-0.3, -0.25) is 0 Å². The third-order valence-electron chi connectivity index (χ3n) is 3.86. The Morgan fingerprint density at radius 1 is 1.39 bits per heavy atom. The van der Waals surface area contributed by atoms with E-state index >= 15 is 0 Å². The lowest BCUT2D eigenvalue weighted by atomic mass is 9.77. The van der Waals surface area contributed by atoms with Crippen molar-refractivity contribution in [1.82, 2.24) is 5.32 Å². The molecule has 0 aromatic heterocycles. The molecule has 2 nitrogen and oxygen atoms in total. The Hall–Kier alpha value is -0.930. The number of halogens is 1. The number of hydrogen-bond donors (Lipinski definition) is 2. The summed E-state index contributed by atoms with van der Waals surface area (Å²) in [4.78, 5) is 0. The van der Waals surface area contributed by atoms with Gasteiger partial charge in [-0.2, -0.15) is 0 Å². The molecule has 0 spiro atoms. The summed E-state index contributed by atoms with van der Waals surface area (Å²) >= 11 is 0. The van der Waals surface area contributed by atoms with Crippen LogP contribution in [0.5, 0.6) is 0 Å². The molecule has 2 rings (SSSR count). The van der Waals surface area contributed by atoms with Gasteiger partial charge in [-0.1, -0.05) is 19.1 Å². The van der Waals surface area contributed by atoms with E-state index in [1.165, 1.54) is 12.1 Å². The number of nitrogens with one attached hydrogen (secondary N) is 1. The van der Waals surface area contributed by atoms with Crippen molar-refractivity contribution >= 4 is 0 Å². The molecule has 1 aliphatic rings. The van der Waals surface area contributed by atoms with Crippen LogP contribution in [-0.4, -0.2) is 17.7 Å². The van der Waals surface area contributed by atoms with Gasteiger partial charge in [0.1, 0.15) is 5.82 Å². The van der Waals surface area contributed by atoms with E-state index in [1.54, 1.807) is 6.07 Å². The van der Waals surface area contributed by atoms with Crippen LogP contribution in [0.2, 0.25) is 0 Å². The van der Waals surface area contributed by atoms with Crippen molar-refractivity contribution in [2.45, 2.75) is 50.7 Å². The zero-order valence-corrected chi connectivity index (χ0v) is 11.0. The van der Waals surface area contributed by atoms with E-state index < -0.39 is 5.60 Å². The monoisotopic (exact) mass is 251 g/mol. The van der Waals surface area contributed by atoms with Crippen molar-refractivity contribution in [3.63, 3.8) is 0 Å². The fourth-order valence-electron chi connectivity index (χ4n) is 2.71. The van der Waals surface area contributed by atoms with E-state index in [0.717, 1.165) is 31.4 Å². The highest BCUT2D eigenvalue weighted by Crippen LogP contribution is 2.37. The average Bonchev–Trinajstić information content (AvgIpc) is 2.38. The molecule has 3 heteroatoms. The lowest BCUT2D eigenvalue weighted by Gasteiger charge is -2.36. The van der Waals surface area contributed by atoms with Gasteiger partial charge in [0, 0.05) is 6.04 Å². The standard InChI is InChI=1S/C15H22FNO/c1-2-10-17-14-6-8-15(18,9-7-14)12-4-3-5-13(16)11-12/h3-5,11,14,17-18H,2,6-10H2,1H3. The van der Waals surface area contributed by atoms with Crippen molar-refractivity contribution in [3.8, 4) is 0 Å². The van der Waals surface area contributed by atoms with E-state index in [0.29, 0.717) is 18.9 Å². The number of hydrogen-bond acceptors (Lipinski definition) is 2. The molecule has 0 bridgehead atoms. The Morgan fingerprint density at radius 3 is 2.72 bits per heavy atom. The first kappa shape index (κ1) is 13.5. The fourth-order valence-corrected chi connectivity index (χ4v) is 2.71. The number of aliphatic hydroxyl groups is 1. The molecular formula is C15H22FNO. The van der Waals surface area contributed by atoms with Crippen LogP contribution in [-0.2, 0) is 5.60 Å². The Kier molecular flexibility index (Phi) is 4.36. The first-order valence-corrected chi connectivity index (χ1v) is 6.86. The molecule has 0 heterocycles. The third-order valence-corrected chi connectivity index (χ3v) is 3.86. The second kappa shape index (κ2) is 5.81. The van der Waals surface area contributed by atoms with Gasteiger partial charge in [-0.05, 0) is 56.3 Å². The van der Waals surface area contributed by atoms with Crippen LogP contribution in [0.25, 0.3) is 0 Å². The molecule has 0 atom stereocenters. The SMILES string of the molecule is CCCNC1CCC(O)(c2cccc(F)c2)CC1. The van der Waals surface area contributed by atoms with Crippen molar-refractivity contribution in [2.24, 2.45) is 0 Å². The topological polar surface area (TPSA) is 32.3 Å². The average molecular weight is 251 g/mol. The molecule has 0 radical (unpaired) electrons. The summed E-state index contributed by atoms with van der Waals surface area (Å²) < 4.78 is 13.2. The molecule has 1 aromatic carbocycles. The van der Waals surface area contributed by atoms with Gasteiger partial charge in [0.15, 0.2) is 0 Å². The Labute approximate surface area is 108 Å². The molecule has 1 fully saturated rings. The van der Waals surface area contributed by atoms with E-state index in [2.05, 4.69) is 12.2 Å². The summed E-state index contributed by atoms with van der Waals surface area (Å²) in [6.45, 7) is 3.18. The molecule has 100 valence electrons. The van der Waals surface area contributed by atoms with Gasteiger partial charge in [-0.15, -0.1) is 0 Å². The Balaban J connectivity index is 1.98. The fraction of sp³-hybridized carbons (Fsp3) is 0.600. The lowest BCUT2D eigenvalue weighted by Crippen LogP contribution is -2.40. The second-order valence-electron chi connectivity index (χ2n) is 5.27. The molecule has 0 amide bonds. The predicted molar refractivity (Wildman–Crippen MR) is 70.8 cm³/mol. The molecule has 0 unspecified atom stereocenters. The minimum Gasteiger partial charge on any atom is -0.385 e. The zero-order valence-electron chi connectivity index (χ0n) is 11.0. The van der Waals surface area contributed by atoms with Gasteiger partial charge in [0.25, 0.3) is 0 Å². The van der Waals surface area contributed by atoms with Crippen molar-refractivity contribution in [3.05, 3.63) is 35.6 Å². The largest absolute Gasteiger partial charge is 0.385 e. The molecule has 1 saturated carbocycles. The van der Waals surface area contributed by atoms with Gasteiger partial charge >= 0.3 is 0 Å². The quantitative estimate of drug-likeness (QED) is 0.862. The summed E-state index contributed by atoms with van der Waals surface area (Å²) in [6, 6.07) is 6.87. The van der Waals surface area contributed by atoms with Crippen molar-refractivity contribution in [1.29, 1.82) is 0 Å². The maximum Gasteiger partial charge on any atom is 0.123 e. The van der Waals surface area contributed by atoms with Crippen molar-refractivity contribution < 1.29 is 9.50 Å². The summed E-state index contributed by atoms with van der Waals surface area (Å²) in [5.41, 5.74) is -0.122. The van der Waals surface area contributed by atoms with E-state index in [1.807, 2.05) is 6.07 Å². The maximum absolute atomic E-state index is 13.2. The van der Waals surface area contributed by atoms with E-state index in [4.69, 9.17) is 0 Å². The van der Waals surface area contributed by atoms with Gasteiger partial charge in [0.2, 0.25) is 0 Å². The van der Waals surface area contributed by atoms with Gasteiger partial charge < -0.3 is 10.4 Å². The first-order valence-electron chi connectivity index (χ1n) is 6.86. The summed E-state index contributed by atoms with van der Waals surface area (Å²) in [5.74, 6) is -0.271. The Morgan fingerprint density at radius 2 is 2.11 bits per heavy atom. The van der Waals surface area contributed by atoms with Crippen LogP contribution in [0.15, 0.2) is 24.3 Å². The summed E-state index contributed by atoms with van der Waals surface area (Å²) in [5, 5.41) is 14.1. The summed E-state index contributed by atoms with van der Waals surface area (Å²) in [6.07, 6.45) is 4.44. The van der Waals surface area contributed by atoms with E-state index in [9.17, 15) is 9.50 Å². The van der Waals surface area contributed by atoms with Crippen LogP contribution in [0, 0.1) is 5.82 Å². The molecule has 1 aliphatic carbocycles. The van der Waals surface area contributed by atoms with Crippen LogP contribution in [0.4, 0.5) is 4.39 Å². The highest BCUT2D eigenvalue weighted by molar-refractivity contribution is 5.24. The maximum atomic E-state index is 13.2. The number of benzene rings is 1. The van der Waals surface area contributed by atoms with Gasteiger partial charge in [-0.25, -0.2) is 4.39 Å².